The second-order valence-electron chi connectivity index (χ2n) is 6.56. The van der Waals surface area contributed by atoms with Crippen LogP contribution in [0.5, 0.6) is 0 Å². The quantitative estimate of drug-likeness (QED) is 0.821. The van der Waals surface area contributed by atoms with Crippen molar-refractivity contribution in [2.75, 3.05) is 19.8 Å². The molecule has 0 spiro atoms. The van der Waals surface area contributed by atoms with Crippen LogP contribution in [0.3, 0.4) is 0 Å². The third-order valence-electron chi connectivity index (χ3n) is 4.86. The standard InChI is InChI=1S/C19H29NO2/c1-3-8-17(9-4-1)16-20-13-6-2-5-10-18(20)11-12-19-21-14-7-15-22-19/h1,3-4,8-9,18-19H,2,5-7,10-16H2. The van der Waals surface area contributed by atoms with Crippen LogP contribution in [-0.2, 0) is 16.0 Å². The maximum atomic E-state index is 5.71. The van der Waals surface area contributed by atoms with Crippen LogP contribution in [0.1, 0.15) is 50.5 Å². The lowest BCUT2D eigenvalue weighted by Crippen LogP contribution is -2.36. The topological polar surface area (TPSA) is 21.7 Å². The molecule has 0 aliphatic carbocycles. The Morgan fingerprint density at radius 2 is 1.73 bits per heavy atom. The molecule has 2 fully saturated rings. The normalized spacial score (nSPS) is 25.0. The Bertz CT molecular complexity index is 417. The highest BCUT2D eigenvalue weighted by Gasteiger charge is 2.23. The van der Waals surface area contributed by atoms with Crippen LogP contribution in [0.15, 0.2) is 30.3 Å². The predicted molar refractivity (Wildman–Crippen MR) is 88.7 cm³/mol. The fourth-order valence-corrected chi connectivity index (χ4v) is 3.62. The van der Waals surface area contributed by atoms with E-state index in [0.717, 1.165) is 32.6 Å². The van der Waals surface area contributed by atoms with Crippen molar-refractivity contribution >= 4 is 0 Å². The fourth-order valence-electron chi connectivity index (χ4n) is 3.62. The van der Waals surface area contributed by atoms with Crippen molar-refractivity contribution < 1.29 is 9.47 Å². The molecule has 2 aliphatic rings. The molecule has 122 valence electrons. The summed E-state index contributed by atoms with van der Waals surface area (Å²) in [4.78, 5) is 2.69. The molecule has 0 bridgehead atoms. The van der Waals surface area contributed by atoms with Crippen molar-refractivity contribution in [3.8, 4) is 0 Å². The number of rotatable bonds is 5. The summed E-state index contributed by atoms with van der Waals surface area (Å²) in [6.07, 6.45) is 8.70. The Hall–Kier alpha value is -0.900. The molecule has 1 aromatic rings. The van der Waals surface area contributed by atoms with Crippen molar-refractivity contribution in [1.29, 1.82) is 0 Å². The highest BCUT2D eigenvalue weighted by molar-refractivity contribution is 5.14. The van der Waals surface area contributed by atoms with E-state index >= 15 is 0 Å². The van der Waals surface area contributed by atoms with Crippen molar-refractivity contribution in [3.05, 3.63) is 35.9 Å². The van der Waals surface area contributed by atoms with Crippen LogP contribution in [-0.4, -0.2) is 37.0 Å². The molecule has 3 heteroatoms. The monoisotopic (exact) mass is 303 g/mol. The van der Waals surface area contributed by atoms with E-state index in [0.29, 0.717) is 6.04 Å². The van der Waals surface area contributed by atoms with Gasteiger partial charge >= 0.3 is 0 Å². The molecular weight excluding hydrogens is 274 g/mol. The molecule has 0 aromatic heterocycles. The van der Waals surface area contributed by atoms with Crippen LogP contribution in [0.4, 0.5) is 0 Å². The second-order valence-corrected chi connectivity index (χ2v) is 6.56. The molecule has 0 saturated carbocycles. The summed E-state index contributed by atoms with van der Waals surface area (Å²) in [7, 11) is 0. The molecular formula is C19H29NO2. The first-order valence-electron chi connectivity index (χ1n) is 8.93. The number of benzene rings is 1. The summed E-state index contributed by atoms with van der Waals surface area (Å²) in [5, 5.41) is 0. The van der Waals surface area contributed by atoms with Gasteiger partial charge in [-0.3, -0.25) is 4.90 Å². The van der Waals surface area contributed by atoms with Crippen molar-refractivity contribution in [3.63, 3.8) is 0 Å². The predicted octanol–water partition coefficient (Wildman–Crippen LogP) is 3.97. The van der Waals surface area contributed by atoms with Crippen LogP contribution in [0.2, 0.25) is 0 Å². The zero-order valence-corrected chi connectivity index (χ0v) is 13.6. The van der Waals surface area contributed by atoms with Gasteiger partial charge in [0.05, 0.1) is 13.2 Å². The molecule has 1 aromatic carbocycles. The molecule has 0 N–H and O–H groups in total. The van der Waals surface area contributed by atoms with Gasteiger partial charge in [-0.05, 0) is 44.2 Å². The van der Waals surface area contributed by atoms with Gasteiger partial charge in [0.25, 0.3) is 0 Å². The van der Waals surface area contributed by atoms with Gasteiger partial charge in [-0.1, -0.05) is 43.2 Å². The average Bonchev–Trinajstić information content (AvgIpc) is 2.80. The molecule has 3 rings (SSSR count). The molecule has 2 heterocycles. The molecule has 0 amide bonds. The smallest absolute Gasteiger partial charge is 0.157 e. The summed E-state index contributed by atoms with van der Waals surface area (Å²) < 4.78 is 11.4. The molecule has 3 nitrogen and oxygen atoms in total. The van der Waals surface area contributed by atoms with Gasteiger partial charge in [0.15, 0.2) is 6.29 Å². The van der Waals surface area contributed by atoms with Crippen LogP contribution in [0, 0.1) is 0 Å². The van der Waals surface area contributed by atoms with E-state index in [2.05, 4.69) is 35.2 Å². The summed E-state index contributed by atoms with van der Waals surface area (Å²) in [5.41, 5.74) is 1.43. The second kappa shape index (κ2) is 8.66. The largest absolute Gasteiger partial charge is 0.353 e. The Balaban J connectivity index is 1.55. The maximum Gasteiger partial charge on any atom is 0.157 e. The van der Waals surface area contributed by atoms with Crippen molar-refractivity contribution in [2.45, 2.75) is 63.8 Å². The van der Waals surface area contributed by atoms with Gasteiger partial charge in [0.1, 0.15) is 0 Å². The third-order valence-corrected chi connectivity index (χ3v) is 4.86. The van der Waals surface area contributed by atoms with Gasteiger partial charge in [-0.25, -0.2) is 0 Å². The molecule has 0 radical (unpaired) electrons. The number of ether oxygens (including phenoxy) is 2. The van der Waals surface area contributed by atoms with E-state index in [9.17, 15) is 0 Å². The summed E-state index contributed by atoms with van der Waals surface area (Å²) >= 11 is 0. The van der Waals surface area contributed by atoms with E-state index in [1.165, 1.54) is 44.2 Å². The van der Waals surface area contributed by atoms with Crippen LogP contribution in [0.25, 0.3) is 0 Å². The lowest BCUT2D eigenvalue weighted by Gasteiger charge is -2.32. The Kier molecular flexibility index (Phi) is 6.29. The molecule has 1 atom stereocenters. The highest BCUT2D eigenvalue weighted by atomic mass is 16.7. The minimum Gasteiger partial charge on any atom is -0.353 e. The Morgan fingerprint density at radius 1 is 0.909 bits per heavy atom. The minimum atomic E-state index is 0.0376. The Labute approximate surface area is 134 Å². The van der Waals surface area contributed by atoms with E-state index < -0.39 is 0 Å². The zero-order valence-electron chi connectivity index (χ0n) is 13.6. The fraction of sp³-hybridized carbons (Fsp3) is 0.684. The zero-order chi connectivity index (χ0) is 15.0. The Morgan fingerprint density at radius 3 is 2.55 bits per heavy atom. The number of hydrogen-bond acceptors (Lipinski definition) is 3. The van der Waals surface area contributed by atoms with Gasteiger partial charge in [-0.2, -0.15) is 0 Å². The van der Waals surface area contributed by atoms with Crippen molar-refractivity contribution in [1.82, 2.24) is 4.90 Å². The van der Waals surface area contributed by atoms with Gasteiger partial charge in [-0.15, -0.1) is 0 Å². The molecule has 22 heavy (non-hydrogen) atoms. The van der Waals surface area contributed by atoms with E-state index in [1.807, 2.05) is 0 Å². The number of hydrogen-bond donors (Lipinski definition) is 0. The first-order valence-corrected chi connectivity index (χ1v) is 8.93. The molecule has 1 unspecified atom stereocenters. The first kappa shape index (κ1) is 16.0. The molecule has 2 aliphatic heterocycles. The third kappa shape index (κ3) is 4.80. The van der Waals surface area contributed by atoms with Gasteiger partial charge in [0, 0.05) is 12.6 Å². The SMILES string of the molecule is c1ccc(CN2CCCCCC2CCC2OCCCO2)cc1. The molecule has 2 saturated heterocycles. The number of nitrogens with zero attached hydrogens (tertiary/aromatic N) is 1. The highest BCUT2D eigenvalue weighted by Crippen LogP contribution is 2.24. The summed E-state index contributed by atoms with van der Waals surface area (Å²) in [6, 6.07) is 11.6. The summed E-state index contributed by atoms with van der Waals surface area (Å²) in [6.45, 7) is 4.04. The maximum absolute atomic E-state index is 5.71. The van der Waals surface area contributed by atoms with Crippen molar-refractivity contribution in [2.24, 2.45) is 0 Å². The van der Waals surface area contributed by atoms with Gasteiger partial charge in [0.2, 0.25) is 0 Å². The van der Waals surface area contributed by atoms with Crippen LogP contribution < -0.4 is 0 Å². The van der Waals surface area contributed by atoms with E-state index in [-0.39, 0.29) is 6.29 Å². The summed E-state index contributed by atoms with van der Waals surface area (Å²) in [5.74, 6) is 0. The lowest BCUT2D eigenvalue weighted by molar-refractivity contribution is -0.183. The van der Waals surface area contributed by atoms with E-state index in [4.69, 9.17) is 9.47 Å². The first-order chi connectivity index (χ1) is 10.9. The average molecular weight is 303 g/mol. The van der Waals surface area contributed by atoms with Crippen LogP contribution >= 0.6 is 0 Å². The lowest BCUT2D eigenvalue weighted by atomic mass is 10.0. The number of likely N-dealkylation sites (tertiary alicyclic amines) is 1. The van der Waals surface area contributed by atoms with Gasteiger partial charge < -0.3 is 9.47 Å². The minimum absolute atomic E-state index is 0.0376. The van der Waals surface area contributed by atoms with E-state index in [1.54, 1.807) is 0 Å².